The Labute approximate surface area is 167 Å². The highest BCUT2D eigenvalue weighted by atomic mass is 16.7. The molecule has 0 saturated carbocycles. The van der Waals surface area contributed by atoms with Crippen molar-refractivity contribution in [3.8, 4) is 17.2 Å². The van der Waals surface area contributed by atoms with Crippen molar-refractivity contribution < 1.29 is 19.0 Å². The summed E-state index contributed by atoms with van der Waals surface area (Å²) >= 11 is 0. The highest BCUT2D eigenvalue weighted by Crippen LogP contribution is 2.34. The number of nitrogens with one attached hydrogen (secondary N) is 2. The van der Waals surface area contributed by atoms with Crippen molar-refractivity contribution >= 4 is 23.2 Å². The van der Waals surface area contributed by atoms with Crippen LogP contribution in [-0.4, -0.2) is 29.3 Å². The number of aromatic nitrogens is 2. The Kier molecular flexibility index (Phi) is 5.15. The summed E-state index contributed by atoms with van der Waals surface area (Å²) < 4.78 is 16.2. The Bertz CT molecular complexity index is 1050. The zero-order valence-electron chi connectivity index (χ0n) is 16.1. The van der Waals surface area contributed by atoms with E-state index in [2.05, 4.69) is 20.6 Å². The second-order valence-electron chi connectivity index (χ2n) is 6.29. The average molecular weight is 392 g/mol. The fourth-order valence-electron chi connectivity index (χ4n) is 2.88. The molecule has 0 radical (unpaired) electrons. The van der Waals surface area contributed by atoms with Crippen molar-refractivity contribution in [3.05, 3.63) is 59.9 Å². The molecule has 1 aliphatic heterocycles. The topological polar surface area (TPSA) is 94.6 Å². The van der Waals surface area contributed by atoms with Gasteiger partial charge in [-0.1, -0.05) is 12.1 Å². The van der Waals surface area contributed by atoms with Crippen LogP contribution in [0.2, 0.25) is 0 Å². The van der Waals surface area contributed by atoms with E-state index in [9.17, 15) is 4.79 Å². The fourth-order valence-corrected chi connectivity index (χ4v) is 2.88. The zero-order valence-corrected chi connectivity index (χ0v) is 16.1. The molecule has 2 aromatic carbocycles. The number of hydrogen-bond acceptors (Lipinski definition) is 7. The first kappa shape index (κ1) is 18.5. The molecule has 1 amide bonds. The van der Waals surface area contributed by atoms with Gasteiger partial charge in [-0.25, -0.2) is 9.97 Å². The molecular formula is C21H20N4O4. The Morgan fingerprint density at radius 2 is 1.93 bits per heavy atom. The SMILES string of the molecule is CCOc1ccccc1NC(=O)c1cc(C)nc(Nc2ccc3c(c2)OCO3)n1. The molecule has 8 heteroatoms. The van der Waals surface area contributed by atoms with Gasteiger partial charge >= 0.3 is 0 Å². The van der Waals surface area contributed by atoms with Crippen LogP contribution in [0.15, 0.2) is 48.5 Å². The van der Waals surface area contributed by atoms with Crippen LogP contribution >= 0.6 is 0 Å². The first-order chi connectivity index (χ1) is 14.1. The maximum Gasteiger partial charge on any atom is 0.274 e. The molecular weight excluding hydrogens is 372 g/mol. The summed E-state index contributed by atoms with van der Waals surface area (Å²) in [6, 6.07) is 14.3. The molecule has 2 heterocycles. The first-order valence-electron chi connectivity index (χ1n) is 9.18. The minimum Gasteiger partial charge on any atom is -0.492 e. The van der Waals surface area contributed by atoms with Gasteiger partial charge in [0.2, 0.25) is 12.7 Å². The molecule has 0 spiro atoms. The standard InChI is InChI=1S/C21H20N4O4/c1-3-27-17-7-5-4-6-15(17)24-20(26)16-10-13(2)22-21(25-16)23-14-8-9-18-19(11-14)29-12-28-18/h4-11H,3,12H2,1-2H3,(H,24,26)(H,22,23,25). The van der Waals surface area contributed by atoms with Gasteiger partial charge in [-0.15, -0.1) is 0 Å². The second kappa shape index (κ2) is 8.05. The van der Waals surface area contributed by atoms with Crippen LogP contribution in [0.25, 0.3) is 0 Å². The Morgan fingerprint density at radius 3 is 2.79 bits per heavy atom. The average Bonchev–Trinajstić information content (AvgIpc) is 3.17. The van der Waals surface area contributed by atoms with Gasteiger partial charge in [-0.3, -0.25) is 4.79 Å². The zero-order chi connectivity index (χ0) is 20.2. The minimum absolute atomic E-state index is 0.202. The van der Waals surface area contributed by atoms with Crippen molar-refractivity contribution in [2.75, 3.05) is 24.0 Å². The van der Waals surface area contributed by atoms with E-state index in [1.54, 1.807) is 37.3 Å². The van der Waals surface area contributed by atoms with Gasteiger partial charge in [0.05, 0.1) is 12.3 Å². The predicted molar refractivity (Wildman–Crippen MR) is 108 cm³/mol. The van der Waals surface area contributed by atoms with Crippen molar-refractivity contribution in [3.63, 3.8) is 0 Å². The highest BCUT2D eigenvalue weighted by molar-refractivity contribution is 6.03. The smallest absolute Gasteiger partial charge is 0.274 e. The third-order valence-corrected chi connectivity index (χ3v) is 4.15. The fraction of sp³-hybridized carbons (Fsp3) is 0.190. The lowest BCUT2D eigenvalue weighted by atomic mass is 10.2. The van der Waals surface area contributed by atoms with Crippen LogP contribution in [0.1, 0.15) is 23.1 Å². The Morgan fingerprint density at radius 1 is 1.10 bits per heavy atom. The van der Waals surface area contributed by atoms with Gasteiger partial charge in [0.1, 0.15) is 11.4 Å². The molecule has 0 atom stereocenters. The van der Waals surface area contributed by atoms with E-state index >= 15 is 0 Å². The van der Waals surface area contributed by atoms with Crippen molar-refractivity contribution in [1.29, 1.82) is 0 Å². The van der Waals surface area contributed by atoms with E-state index in [0.29, 0.717) is 41.2 Å². The number of amides is 1. The van der Waals surface area contributed by atoms with Crippen LogP contribution in [0.4, 0.5) is 17.3 Å². The molecule has 0 fully saturated rings. The van der Waals surface area contributed by atoms with Gasteiger partial charge in [0, 0.05) is 17.4 Å². The molecule has 0 unspecified atom stereocenters. The van der Waals surface area contributed by atoms with Crippen LogP contribution in [0.5, 0.6) is 17.2 Å². The molecule has 1 aliphatic rings. The third-order valence-electron chi connectivity index (χ3n) is 4.15. The number of hydrogen-bond donors (Lipinski definition) is 2. The van der Waals surface area contributed by atoms with E-state index in [0.717, 1.165) is 5.69 Å². The van der Waals surface area contributed by atoms with E-state index < -0.39 is 0 Å². The Balaban J connectivity index is 1.54. The predicted octanol–water partition coefficient (Wildman–Crippen LogP) is 3.91. The van der Waals surface area contributed by atoms with Gasteiger partial charge in [0.15, 0.2) is 11.5 Å². The van der Waals surface area contributed by atoms with Crippen LogP contribution < -0.4 is 24.8 Å². The maximum absolute atomic E-state index is 12.8. The van der Waals surface area contributed by atoms with E-state index in [-0.39, 0.29) is 18.4 Å². The normalized spacial score (nSPS) is 11.8. The first-order valence-corrected chi connectivity index (χ1v) is 9.18. The monoisotopic (exact) mass is 392 g/mol. The molecule has 4 rings (SSSR count). The lowest BCUT2D eigenvalue weighted by Crippen LogP contribution is -2.16. The number of fused-ring (bicyclic) bond motifs is 1. The van der Waals surface area contributed by atoms with Crippen LogP contribution in [0.3, 0.4) is 0 Å². The Hall–Kier alpha value is -3.81. The third kappa shape index (κ3) is 4.21. The van der Waals surface area contributed by atoms with Crippen molar-refractivity contribution in [2.45, 2.75) is 13.8 Å². The molecule has 29 heavy (non-hydrogen) atoms. The van der Waals surface area contributed by atoms with E-state index in [4.69, 9.17) is 14.2 Å². The lowest BCUT2D eigenvalue weighted by molar-refractivity contribution is 0.102. The number of anilines is 3. The number of benzene rings is 2. The van der Waals surface area contributed by atoms with Crippen LogP contribution in [-0.2, 0) is 0 Å². The molecule has 3 aromatic rings. The summed E-state index contributed by atoms with van der Waals surface area (Å²) in [5.74, 6) is 1.90. The minimum atomic E-state index is -0.351. The van der Waals surface area contributed by atoms with Gasteiger partial charge in [-0.05, 0) is 44.2 Å². The number of carbonyl (C=O) groups excluding carboxylic acids is 1. The highest BCUT2D eigenvalue weighted by Gasteiger charge is 2.16. The molecule has 0 saturated heterocycles. The van der Waals surface area contributed by atoms with Crippen LogP contribution in [0, 0.1) is 6.92 Å². The number of rotatable bonds is 6. The van der Waals surface area contributed by atoms with E-state index in [1.165, 1.54) is 0 Å². The summed E-state index contributed by atoms with van der Waals surface area (Å²) in [5, 5.41) is 5.95. The summed E-state index contributed by atoms with van der Waals surface area (Å²) in [7, 11) is 0. The molecule has 148 valence electrons. The quantitative estimate of drug-likeness (QED) is 0.657. The molecule has 2 N–H and O–H groups in total. The van der Waals surface area contributed by atoms with Gasteiger partial charge in [-0.2, -0.15) is 0 Å². The molecule has 0 aliphatic carbocycles. The number of nitrogens with zero attached hydrogens (tertiary/aromatic N) is 2. The van der Waals surface area contributed by atoms with Crippen molar-refractivity contribution in [1.82, 2.24) is 9.97 Å². The molecule has 1 aromatic heterocycles. The van der Waals surface area contributed by atoms with Gasteiger partial charge in [0.25, 0.3) is 5.91 Å². The molecule has 0 bridgehead atoms. The summed E-state index contributed by atoms with van der Waals surface area (Å²) in [5.41, 5.74) is 2.22. The molecule has 8 nitrogen and oxygen atoms in total. The van der Waals surface area contributed by atoms with Gasteiger partial charge < -0.3 is 24.8 Å². The number of para-hydroxylation sites is 2. The lowest BCUT2D eigenvalue weighted by Gasteiger charge is -2.12. The number of carbonyl (C=O) groups is 1. The second-order valence-corrected chi connectivity index (χ2v) is 6.29. The van der Waals surface area contributed by atoms with Crippen molar-refractivity contribution in [2.24, 2.45) is 0 Å². The number of aryl methyl sites for hydroxylation is 1. The summed E-state index contributed by atoms with van der Waals surface area (Å²) in [6.45, 7) is 4.40. The van der Waals surface area contributed by atoms with E-state index in [1.807, 2.05) is 25.1 Å². The largest absolute Gasteiger partial charge is 0.492 e. The summed E-state index contributed by atoms with van der Waals surface area (Å²) in [4.78, 5) is 21.5. The summed E-state index contributed by atoms with van der Waals surface area (Å²) in [6.07, 6.45) is 0. The number of ether oxygens (including phenoxy) is 3. The maximum atomic E-state index is 12.8.